The number of nitrogens with zero attached hydrogens (tertiary/aromatic N) is 2. The van der Waals surface area contributed by atoms with E-state index < -0.39 is 11.9 Å². The first-order valence-corrected chi connectivity index (χ1v) is 10.8. The maximum atomic E-state index is 13.8. The van der Waals surface area contributed by atoms with Crippen LogP contribution >= 0.6 is 35.3 Å². The van der Waals surface area contributed by atoms with Crippen molar-refractivity contribution in [1.82, 2.24) is 15.5 Å². The van der Waals surface area contributed by atoms with Gasteiger partial charge in [0.05, 0.1) is 6.54 Å². The van der Waals surface area contributed by atoms with E-state index in [4.69, 9.17) is 0 Å². The number of rotatable bonds is 7. The molecule has 1 aliphatic rings. The second-order valence-corrected chi connectivity index (χ2v) is 7.86. The molecule has 3 N–H and O–H groups in total. The summed E-state index contributed by atoms with van der Waals surface area (Å²) in [5.74, 6) is 0.273. The summed E-state index contributed by atoms with van der Waals surface area (Å²) in [6.07, 6.45) is 1.14. The molecule has 2 aromatic rings. The van der Waals surface area contributed by atoms with E-state index in [0.717, 1.165) is 39.0 Å². The number of piperidine rings is 1. The molecule has 0 aliphatic carbocycles. The van der Waals surface area contributed by atoms with Gasteiger partial charge >= 0.3 is 0 Å². The van der Waals surface area contributed by atoms with E-state index >= 15 is 0 Å². The van der Waals surface area contributed by atoms with Crippen molar-refractivity contribution in [2.45, 2.75) is 38.5 Å². The lowest BCUT2D eigenvalue weighted by Gasteiger charge is -2.33. The fourth-order valence-corrected chi connectivity index (χ4v) is 4.07. The Hall–Kier alpha value is -1.23. The molecule has 1 atom stereocenters. The van der Waals surface area contributed by atoms with Gasteiger partial charge in [-0.2, -0.15) is 11.3 Å². The van der Waals surface area contributed by atoms with E-state index in [0.29, 0.717) is 12.0 Å². The summed E-state index contributed by atoms with van der Waals surface area (Å²) in [5, 5.41) is 21.3. The Balaban J connectivity index is 0.00000300. The van der Waals surface area contributed by atoms with E-state index in [-0.39, 0.29) is 36.1 Å². The van der Waals surface area contributed by atoms with Crippen molar-refractivity contribution in [3.63, 3.8) is 0 Å². The van der Waals surface area contributed by atoms with Crippen molar-refractivity contribution >= 4 is 41.3 Å². The minimum Gasteiger partial charge on any atom is -0.386 e. The molecular weight excluding hydrogens is 502 g/mol. The Labute approximate surface area is 193 Å². The standard InChI is InChI=1S/C21H29FN4OS.HI/c1-2-23-21(24-13-20(27)18-5-3-4-6-19(18)22)25-17-7-10-26(11-8-17)14-16-9-12-28-15-16;/h3-6,9,12,15,17,20,27H,2,7-8,10-11,13-14H2,1H3,(H2,23,24,25);1H. The molecule has 1 aromatic carbocycles. The predicted octanol–water partition coefficient (Wildman–Crippen LogP) is 3.76. The number of thiophene rings is 1. The van der Waals surface area contributed by atoms with Crippen LogP contribution in [0.25, 0.3) is 0 Å². The van der Waals surface area contributed by atoms with Crippen LogP contribution in [-0.4, -0.2) is 48.2 Å². The summed E-state index contributed by atoms with van der Waals surface area (Å²) < 4.78 is 13.8. The summed E-state index contributed by atoms with van der Waals surface area (Å²) in [4.78, 5) is 6.95. The maximum absolute atomic E-state index is 13.8. The van der Waals surface area contributed by atoms with Crippen molar-refractivity contribution in [3.8, 4) is 0 Å². The SMILES string of the molecule is CCNC(=NCC(O)c1ccccc1F)NC1CCN(Cc2ccsc2)CC1.I. The number of likely N-dealkylation sites (tertiary alicyclic amines) is 1. The largest absolute Gasteiger partial charge is 0.386 e. The quantitative estimate of drug-likeness (QED) is 0.289. The third-order valence-electron chi connectivity index (χ3n) is 4.95. The summed E-state index contributed by atoms with van der Waals surface area (Å²) in [6.45, 7) is 5.97. The molecule has 0 bridgehead atoms. The van der Waals surface area contributed by atoms with Crippen molar-refractivity contribution in [2.75, 3.05) is 26.2 Å². The first kappa shape index (κ1) is 24.0. The highest BCUT2D eigenvalue weighted by Crippen LogP contribution is 2.17. The fraction of sp³-hybridized carbons (Fsp3) is 0.476. The molecule has 0 saturated carbocycles. The molecule has 0 radical (unpaired) electrons. The summed E-state index contributed by atoms with van der Waals surface area (Å²) >= 11 is 1.74. The van der Waals surface area contributed by atoms with E-state index in [9.17, 15) is 9.50 Å². The zero-order chi connectivity index (χ0) is 19.8. The number of guanidine groups is 1. The van der Waals surface area contributed by atoms with E-state index in [2.05, 4.69) is 37.4 Å². The molecule has 0 amide bonds. The van der Waals surface area contributed by atoms with Gasteiger partial charge in [-0.05, 0) is 48.2 Å². The fourth-order valence-electron chi connectivity index (χ4n) is 3.41. The third-order valence-corrected chi connectivity index (χ3v) is 5.68. The summed E-state index contributed by atoms with van der Waals surface area (Å²) in [6, 6.07) is 8.83. The molecule has 1 aromatic heterocycles. The van der Waals surface area contributed by atoms with Gasteiger partial charge in [0.2, 0.25) is 0 Å². The molecule has 29 heavy (non-hydrogen) atoms. The topological polar surface area (TPSA) is 59.9 Å². The molecule has 5 nitrogen and oxygen atoms in total. The van der Waals surface area contributed by atoms with Gasteiger partial charge in [0.25, 0.3) is 0 Å². The van der Waals surface area contributed by atoms with Gasteiger partial charge < -0.3 is 15.7 Å². The molecule has 0 spiro atoms. The second-order valence-electron chi connectivity index (χ2n) is 7.08. The van der Waals surface area contributed by atoms with Gasteiger partial charge in [-0.3, -0.25) is 9.89 Å². The number of benzene rings is 1. The number of nitrogens with one attached hydrogen (secondary N) is 2. The molecule has 1 unspecified atom stereocenters. The molecule has 3 rings (SSSR count). The predicted molar refractivity (Wildman–Crippen MR) is 129 cm³/mol. The first-order valence-electron chi connectivity index (χ1n) is 9.86. The van der Waals surface area contributed by atoms with E-state index in [1.54, 1.807) is 29.5 Å². The van der Waals surface area contributed by atoms with Crippen LogP contribution in [0.5, 0.6) is 0 Å². The second kappa shape index (κ2) is 12.5. The lowest BCUT2D eigenvalue weighted by Crippen LogP contribution is -2.48. The number of halogens is 2. The van der Waals surface area contributed by atoms with Crippen molar-refractivity contribution in [2.24, 2.45) is 4.99 Å². The highest BCUT2D eigenvalue weighted by Gasteiger charge is 2.20. The number of hydrogen-bond donors (Lipinski definition) is 3. The smallest absolute Gasteiger partial charge is 0.191 e. The highest BCUT2D eigenvalue weighted by atomic mass is 127. The molecule has 1 fully saturated rings. The Morgan fingerprint density at radius 1 is 1.31 bits per heavy atom. The zero-order valence-corrected chi connectivity index (χ0v) is 19.8. The van der Waals surface area contributed by atoms with Crippen molar-refractivity contribution in [1.29, 1.82) is 0 Å². The molecule has 8 heteroatoms. The van der Waals surface area contributed by atoms with Gasteiger partial charge in [0, 0.05) is 37.8 Å². The Bertz CT molecular complexity index is 751. The van der Waals surface area contributed by atoms with Gasteiger partial charge in [0.1, 0.15) is 11.9 Å². The van der Waals surface area contributed by atoms with Gasteiger partial charge in [-0.1, -0.05) is 18.2 Å². The monoisotopic (exact) mass is 532 g/mol. The van der Waals surface area contributed by atoms with Crippen LogP contribution in [-0.2, 0) is 6.54 Å². The minimum absolute atomic E-state index is 0. The Kier molecular flexibility index (Phi) is 10.3. The normalized spacial score (nSPS) is 16.9. The van der Waals surface area contributed by atoms with Crippen LogP contribution < -0.4 is 10.6 Å². The maximum Gasteiger partial charge on any atom is 0.191 e. The van der Waals surface area contributed by atoms with Gasteiger partial charge in [0.15, 0.2) is 5.96 Å². The van der Waals surface area contributed by atoms with E-state index in [1.807, 2.05) is 6.92 Å². The lowest BCUT2D eigenvalue weighted by atomic mass is 10.0. The first-order chi connectivity index (χ1) is 13.7. The molecular formula is C21H30FIN4OS. The molecule has 160 valence electrons. The number of aliphatic hydroxyl groups is 1. The van der Waals surface area contributed by atoms with Gasteiger partial charge in [-0.15, -0.1) is 24.0 Å². The molecule has 1 aliphatic heterocycles. The lowest BCUT2D eigenvalue weighted by molar-refractivity contribution is 0.181. The van der Waals surface area contributed by atoms with Crippen LogP contribution in [0.15, 0.2) is 46.1 Å². The van der Waals surface area contributed by atoms with Crippen molar-refractivity contribution in [3.05, 3.63) is 58.0 Å². The molecule has 2 heterocycles. The average molecular weight is 532 g/mol. The minimum atomic E-state index is -0.955. The van der Waals surface area contributed by atoms with Crippen LogP contribution in [0, 0.1) is 5.82 Å². The molecule has 1 saturated heterocycles. The summed E-state index contributed by atoms with van der Waals surface area (Å²) in [7, 11) is 0. The average Bonchev–Trinajstić information content (AvgIpc) is 3.21. The number of aliphatic hydroxyl groups excluding tert-OH is 1. The number of hydrogen-bond acceptors (Lipinski definition) is 4. The highest BCUT2D eigenvalue weighted by molar-refractivity contribution is 14.0. The Morgan fingerprint density at radius 2 is 2.07 bits per heavy atom. The Morgan fingerprint density at radius 3 is 2.72 bits per heavy atom. The van der Waals surface area contributed by atoms with Crippen molar-refractivity contribution < 1.29 is 9.50 Å². The number of aliphatic imine (C=N–C) groups is 1. The van der Waals surface area contributed by atoms with Crippen LogP contribution in [0.3, 0.4) is 0 Å². The summed E-state index contributed by atoms with van der Waals surface area (Å²) in [5.41, 5.74) is 1.66. The van der Waals surface area contributed by atoms with Crippen LogP contribution in [0.2, 0.25) is 0 Å². The van der Waals surface area contributed by atoms with Gasteiger partial charge in [-0.25, -0.2) is 4.39 Å². The van der Waals surface area contributed by atoms with Crippen LogP contribution in [0.4, 0.5) is 4.39 Å². The van der Waals surface area contributed by atoms with Crippen LogP contribution in [0.1, 0.15) is 37.0 Å². The third kappa shape index (κ3) is 7.51. The van der Waals surface area contributed by atoms with E-state index in [1.165, 1.54) is 11.6 Å². The zero-order valence-electron chi connectivity index (χ0n) is 16.7.